The van der Waals surface area contributed by atoms with E-state index in [1.807, 2.05) is 6.26 Å². The van der Waals surface area contributed by atoms with Crippen LogP contribution < -0.4 is 10.6 Å². The molecule has 0 aliphatic rings. The zero-order valence-corrected chi connectivity index (χ0v) is 9.91. The van der Waals surface area contributed by atoms with E-state index in [9.17, 15) is 9.90 Å². The van der Waals surface area contributed by atoms with Crippen molar-refractivity contribution in [3.63, 3.8) is 0 Å². The fourth-order valence-corrected chi connectivity index (χ4v) is 1.77. The molecular weight excluding hydrogens is 200 g/mol. The van der Waals surface area contributed by atoms with E-state index in [4.69, 9.17) is 0 Å². The number of nitrogens with one attached hydrogen (secondary N) is 2. The van der Waals surface area contributed by atoms with Crippen LogP contribution in [0, 0.1) is 0 Å². The van der Waals surface area contributed by atoms with E-state index < -0.39 is 5.60 Å². The Morgan fingerprint density at radius 3 is 2.71 bits per heavy atom. The van der Waals surface area contributed by atoms with Crippen LogP contribution in [-0.2, 0) is 4.79 Å². The molecule has 0 aliphatic carbocycles. The fourth-order valence-electron chi connectivity index (χ4n) is 1.05. The van der Waals surface area contributed by atoms with E-state index in [0.29, 0.717) is 25.3 Å². The largest absolute Gasteiger partial charge is 0.388 e. The minimum Gasteiger partial charge on any atom is -0.388 e. The standard InChI is InChI=1S/C9H20N2O2S/c1-9(13,7-14-3)6-11-5-4-8(12)10-2/h11,13H,4-7H2,1-3H3,(H,10,12). The Bertz CT molecular complexity index is 174. The van der Waals surface area contributed by atoms with Crippen molar-refractivity contribution in [1.29, 1.82) is 0 Å². The molecule has 1 amide bonds. The van der Waals surface area contributed by atoms with E-state index in [-0.39, 0.29) is 5.91 Å². The summed E-state index contributed by atoms with van der Waals surface area (Å²) < 4.78 is 0. The van der Waals surface area contributed by atoms with Crippen molar-refractivity contribution in [3.05, 3.63) is 0 Å². The van der Waals surface area contributed by atoms with Crippen LogP contribution in [0.25, 0.3) is 0 Å². The second kappa shape index (κ2) is 7.09. The monoisotopic (exact) mass is 220 g/mol. The highest BCUT2D eigenvalue weighted by molar-refractivity contribution is 7.98. The second-order valence-corrected chi connectivity index (χ2v) is 4.40. The summed E-state index contributed by atoms with van der Waals surface area (Å²) in [5, 5.41) is 15.3. The first kappa shape index (κ1) is 13.7. The molecule has 1 atom stereocenters. The van der Waals surface area contributed by atoms with Crippen LogP contribution in [-0.4, -0.2) is 48.8 Å². The Balaban J connectivity index is 3.48. The summed E-state index contributed by atoms with van der Waals surface area (Å²) >= 11 is 1.61. The van der Waals surface area contributed by atoms with Gasteiger partial charge in [0.15, 0.2) is 0 Å². The normalized spacial score (nSPS) is 14.9. The van der Waals surface area contributed by atoms with Crippen molar-refractivity contribution in [2.45, 2.75) is 18.9 Å². The van der Waals surface area contributed by atoms with Crippen LogP contribution in [0.2, 0.25) is 0 Å². The molecule has 0 saturated carbocycles. The van der Waals surface area contributed by atoms with Gasteiger partial charge in [-0.2, -0.15) is 11.8 Å². The van der Waals surface area contributed by atoms with Gasteiger partial charge >= 0.3 is 0 Å². The van der Waals surface area contributed by atoms with Crippen molar-refractivity contribution < 1.29 is 9.90 Å². The summed E-state index contributed by atoms with van der Waals surface area (Å²) in [6.07, 6.45) is 2.41. The van der Waals surface area contributed by atoms with E-state index in [1.54, 1.807) is 25.7 Å². The fraction of sp³-hybridized carbons (Fsp3) is 0.889. The highest BCUT2D eigenvalue weighted by Crippen LogP contribution is 2.08. The highest BCUT2D eigenvalue weighted by Gasteiger charge is 2.18. The third-order valence-electron chi connectivity index (χ3n) is 1.77. The predicted molar refractivity (Wildman–Crippen MR) is 60.6 cm³/mol. The number of carbonyl (C=O) groups is 1. The molecule has 0 heterocycles. The van der Waals surface area contributed by atoms with Gasteiger partial charge in [0.2, 0.25) is 5.91 Å². The lowest BCUT2D eigenvalue weighted by atomic mass is 10.1. The molecule has 0 spiro atoms. The minimum atomic E-state index is -0.692. The Morgan fingerprint density at radius 2 is 2.21 bits per heavy atom. The van der Waals surface area contributed by atoms with Gasteiger partial charge in [0.1, 0.15) is 0 Å². The first-order valence-corrected chi connectivity index (χ1v) is 6.04. The maximum atomic E-state index is 10.8. The van der Waals surface area contributed by atoms with E-state index >= 15 is 0 Å². The molecule has 0 aliphatic heterocycles. The lowest BCUT2D eigenvalue weighted by molar-refractivity contribution is -0.120. The van der Waals surface area contributed by atoms with Gasteiger partial charge in [0, 0.05) is 32.3 Å². The molecule has 0 aromatic carbocycles. The average molecular weight is 220 g/mol. The van der Waals surface area contributed by atoms with Crippen molar-refractivity contribution in [3.8, 4) is 0 Å². The summed E-state index contributed by atoms with van der Waals surface area (Å²) in [7, 11) is 1.62. The molecule has 0 aromatic rings. The van der Waals surface area contributed by atoms with Gasteiger partial charge < -0.3 is 15.7 Å². The molecule has 14 heavy (non-hydrogen) atoms. The van der Waals surface area contributed by atoms with Crippen LogP contribution in [0.15, 0.2) is 0 Å². The van der Waals surface area contributed by atoms with Gasteiger partial charge in [0.05, 0.1) is 5.60 Å². The van der Waals surface area contributed by atoms with Crippen LogP contribution in [0.4, 0.5) is 0 Å². The van der Waals surface area contributed by atoms with E-state index in [1.165, 1.54) is 0 Å². The number of thioether (sulfide) groups is 1. The lowest BCUT2D eigenvalue weighted by Crippen LogP contribution is -2.41. The van der Waals surface area contributed by atoms with Gasteiger partial charge in [-0.25, -0.2) is 0 Å². The van der Waals surface area contributed by atoms with Crippen molar-refractivity contribution in [1.82, 2.24) is 10.6 Å². The van der Waals surface area contributed by atoms with Crippen LogP contribution in [0.3, 0.4) is 0 Å². The maximum Gasteiger partial charge on any atom is 0.221 e. The van der Waals surface area contributed by atoms with Crippen LogP contribution in [0.5, 0.6) is 0 Å². The van der Waals surface area contributed by atoms with Crippen molar-refractivity contribution in [2.24, 2.45) is 0 Å². The topological polar surface area (TPSA) is 61.4 Å². The highest BCUT2D eigenvalue weighted by atomic mass is 32.2. The number of hydrogen-bond acceptors (Lipinski definition) is 4. The Labute approximate surface area is 89.8 Å². The van der Waals surface area contributed by atoms with Crippen molar-refractivity contribution >= 4 is 17.7 Å². The number of amides is 1. The van der Waals surface area contributed by atoms with Crippen LogP contribution in [0.1, 0.15) is 13.3 Å². The molecule has 0 aromatic heterocycles. The number of aliphatic hydroxyl groups is 1. The molecule has 1 unspecified atom stereocenters. The van der Waals surface area contributed by atoms with Gasteiger partial charge in [-0.15, -0.1) is 0 Å². The zero-order chi connectivity index (χ0) is 11.0. The predicted octanol–water partition coefficient (Wildman–Crippen LogP) is -0.174. The number of hydrogen-bond donors (Lipinski definition) is 3. The average Bonchev–Trinajstić information content (AvgIpc) is 2.12. The van der Waals surface area contributed by atoms with Crippen molar-refractivity contribution in [2.75, 3.05) is 32.1 Å². The van der Waals surface area contributed by atoms with Crippen LogP contribution >= 0.6 is 11.8 Å². The molecule has 0 bridgehead atoms. The molecule has 4 nitrogen and oxygen atoms in total. The molecule has 0 saturated heterocycles. The molecular formula is C9H20N2O2S. The number of carbonyl (C=O) groups excluding carboxylic acids is 1. The van der Waals surface area contributed by atoms with Gasteiger partial charge in [-0.05, 0) is 13.2 Å². The van der Waals surface area contributed by atoms with Gasteiger partial charge in [-0.1, -0.05) is 0 Å². The number of rotatable bonds is 7. The zero-order valence-electron chi connectivity index (χ0n) is 9.09. The summed E-state index contributed by atoms with van der Waals surface area (Å²) in [6, 6.07) is 0. The molecule has 3 N–H and O–H groups in total. The molecule has 84 valence electrons. The molecule has 5 heteroatoms. The SMILES string of the molecule is CNC(=O)CCNCC(C)(O)CSC. The van der Waals surface area contributed by atoms with Gasteiger partial charge in [-0.3, -0.25) is 4.79 Å². The summed E-state index contributed by atoms with van der Waals surface area (Å²) in [6.45, 7) is 2.91. The smallest absolute Gasteiger partial charge is 0.221 e. The summed E-state index contributed by atoms with van der Waals surface area (Å²) in [5.74, 6) is 0.710. The van der Waals surface area contributed by atoms with E-state index in [2.05, 4.69) is 10.6 Å². The second-order valence-electron chi connectivity index (χ2n) is 3.53. The third kappa shape index (κ3) is 7.17. The molecule has 0 radical (unpaired) electrons. The first-order valence-electron chi connectivity index (χ1n) is 4.64. The molecule has 0 rings (SSSR count). The minimum absolute atomic E-state index is 0.0157. The Kier molecular flexibility index (Phi) is 6.96. The summed E-state index contributed by atoms with van der Waals surface area (Å²) in [5.41, 5.74) is -0.692. The summed E-state index contributed by atoms with van der Waals surface area (Å²) in [4.78, 5) is 10.8. The van der Waals surface area contributed by atoms with E-state index in [0.717, 1.165) is 0 Å². The molecule has 0 fully saturated rings. The maximum absolute atomic E-state index is 10.8. The lowest BCUT2D eigenvalue weighted by Gasteiger charge is -2.22. The Hall–Kier alpha value is -0.260. The quantitative estimate of drug-likeness (QED) is 0.521. The Morgan fingerprint density at radius 1 is 1.57 bits per heavy atom. The van der Waals surface area contributed by atoms with Gasteiger partial charge in [0.25, 0.3) is 0 Å². The third-order valence-corrected chi connectivity index (χ3v) is 2.68. The first-order chi connectivity index (χ1) is 6.52.